The summed E-state index contributed by atoms with van der Waals surface area (Å²) in [5.41, 5.74) is -0.402. The third-order valence-electron chi connectivity index (χ3n) is 2.91. The van der Waals surface area contributed by atoms with Crippen molar-refractivity contribution in [3.05, 3.63) is 34.4 Å². The van der Waals surface area contributed by atoms with Crippen LogP contribution in [0.5, 0.6) is 0 Å². The van der Waals surface area contributed by atoms with Crippen LogP contribution in [-0.4, -0.2) is 11.1 Å². The van der Waals surface area contributed by atoms with Gasteiger partial charge in [-0.1, -0.05) is 11.6 Å². The smallest absolute Gasteiger partial charge is 0.304 e. The van der Waals surface area contributed by atoms with Crippen LogP contribution in [0.4, 0.5) is 8.78 Å². The molecule has 0 atom stereocenters. The monoisotopic (exact) mass is 246 g/mol. The summed E-state index contributed by atoms with van der Waals surface area (Å²) in [6, 6.07) is 1.82. The largest absolute Gasteiger partial charge is 0.481 e. The van der Waals surface area contributed by atoms with E-state index in [9.17, 15) is 13.6 Å². The van der Waals surface area contributed by atoms with Gasteiger partial charge in [0, 0.05) is 11.5 Å². The lowest BCUT2D eigenvalue weighted by molar-refractivity contribution is -0.137. The van der Waals surface area contributed by atoms with Gasteiger partial charge in [-0.05, 0) is 24.5 Å². The molecule has 0 spiro atoms. The number of hydrogen-bond donors (Lipinski definition) is 1. The Labute approximate surface area is 95.8 Å². The summed E-state index contributed by atoms with van der Waals surface area (Å²) in [7, 11) is 0. The van der Waals surface area contributed by atoms with Crippen molar-refractivity contribution in [1.29, 1.82) is 0 Å². The number of aliphatic carboxylic acids is 1. The minimum atomic E-state index is -0.988. The maximum absolute atomic E-state index is 13.2. The molecule has 1 saturated carbocycles. The molecule has 16 heavy (non-hydrogen) atoms. The van der Waals surface area contributed by atoms with E-state index in [4.69, 9.17) is 16.7 Å². The van der Waals surface area contributed by atoms with Gasteiger partial charge in [-0.3, -0.25) is 4.79 Å². The molecule has 1 aliphatic carbocycles. The van der Waals surface area contributed by atoms with Crippen LogP contribution in [-0.2, 0) is 10.2 Å². The third-order valence-corrected chi connectivity index (χ3v) is 3.29. The lowest BCUT2D eigenvalue weighted by atomic mass is 9.92. The predicted molar refractivity (Wildman–Crippen MR) is 54.5 cm³/mol. The van der Waals surface area contributed by atoms with E-state index in [0.717, 1.165) is 6.07 Å². The van der Waals surface area contributed by atoms with Crippen molar-refractivity contribution in [3.63, 3.8) is 0 Å². The first-order valence-electron chi connectivity index (χ1n) is 4.81. The molecule has 0 bridgehead atoms. The maximum Gasteiger partial charge on any atom is 0.304 e. The van der Waals surface area contributed by atoms with Crippen molar-refractivity contribution >= 4 is 17.6 Å². The molecule has 2 rings (SSSR count). The van der Waals surface area contributed by atoms with Crippen LogP contribution >= 0.6 is 11.6 Å². The van der Waals surface area contributed by atoms with Crippen molar-refractivity contribution in [3.8, 4) is 0 Å². The molecule has 0 unspecified atom stereocenters. The Morgan fingerprint density at radius 3 is 2.56 bits per heavy atom. The van der Waals surface area contributed by atoms with Crippen LogP contribution in [0.25, 0.3) is 0 Å². The van der Waals surface area contributed by atoms with Gasteiger partial charge in [0.2, 0.25) is 0 Å². The van der Waals surface area contributed by atoms with Crippen LogP contribution in [0.2, 0.25) is 5.02 Å². The van der Waals surface area contributed by atoms with E-state index in [1.165, 1.54) is 0 Å². The van der Waals surface area contributed by atoms with Crippen molar-refractivity contribution in [2.75, 3.05) is 0 Å². The van der Waals surface area contributed by atoms with Crippen molar-refractivity contribution in [2.45, 2.75) is 24.7 Å². The predicted octanol–water partition coefficient (Wildman–Crippen LogP) is 3.12. The summed E-state index contributed by atoms with van der Waals surface area (Å²) in [5.74, 6) is -2.56. The molecule has 1 aromatic carbocycles. The molecule has 0 heterocycles. The van der Waals surface area contributed by atoms with Crippen molar-refractivity contribution < 1.29 is 18.7 Å². The second kappa shape index (κ2) is 3.70. The average molecular weight is 247 g/mol. The third kappa shape index (κ3) is 1.89. The number of carboxylic acid groups (broad SMARTS) is 1. The highest BCUT2D eigenvalue weighted by Crippen LogP contribution is 2.53. The summed E-state index contributed by atoms with van der Waals surface area (Å²) < 4.78 is 26.3. The van der Waals surface area contributed by atoms with Gasteiger partial charge in [-0.25, -0.2) is 8.78 Å². The zero-order valence-corrected chi connectivity index (χ0v) is 9.02. The summed E-state index contributed by atoms with van der Waals surface area (Å²) in [6.45, 7) is 0. The maximum atomic E-state index is 13.2. The van der Waals surface area contributed by atoms with Crippen LogP contribution in [0.3, 0.4) is 0 Å². The van der Waals surface area contributed by atoms with E-state index in [-0.39, 0.29) is 17.0 Å². The van der Waals surface area contributed by atoms with Gasteiger partial charge in [0.25, 0.3) is 0 Å². The number of carboxylic acids is 1. The summed E-state index contributed by atoms with van der Waals surface area (Å²) in [5, 5.41) is 8.58. The molecule has 0 aromatic heterocycles. The van der Waals surface area contributed by atoms with Crippen LogP contribution in [0.1, 0.15) is 24.8 Å². The second-order valence-corrected chi connectivity index (χ2v) is 4.48. The van der Waals surface area contributed by atoms with E-state index >= 15 is 0 Å². The lowest BCUT2D eigenvalue weighted by Crippen LogP contribution is -2.14. The zero-order chi connectivity index (χ0) is 11.9. The highest BCUT2D eigenvalue weighted by molar-refractivity contribution is 6.31. The normalized spacial score (nSPS) is 17.2. The van der Waals surface area contributed by atoms with Crippen LogP contribution in [0, 0.1) is 11.6 Å². The number of hydrogen-bond acceptors (Lipinski definition) is 1. The minimum Gasteiger partial charge on any atom is -0.481 e. The molecule has 0 amide bonds. The molecule has 0 saturated heterocycles. The first-order chi connectivity index (χ1) is 7.44. The fraction of sp³-hybridized carbons (Fsp3) is 0.364. The molecule has 0 radical (unpaired) electrons. The minimum absolute atomic E-state index is 0.143. The number of rotatable bonds is 3. The lowest BCUT2D eigenvalue weighted by Gasteiger charge is -2.15. The van der Waals surface area contributed by atoms with E-state index in [1.807, 2.05) is 0 Å². The van der Waals surface area contributed by atoms with Gasteiger partial charge in [0.15, 0.2) is 0 Å². The standard InChI is InChI=1S/C11H9ClF2O2/c12-10-7(3-6(13)4-8(10)14)11(1-2-11)5-9(15)16/h3-4H,1-2,5H2,(H,15,16). The fourth-order valence-corrected chi connectivity index (χ4v) is 2.23. The van der Waals surface area contributed by atoms with Gasteiger partial charge in [0.05, 0.1) is 11.4 Å². The second-order valence-electron chi connectivity index (χ2n) is 4.10. The Kier molecular flexibility index (Phi) is 2.62. The number of benzene rings is 1. The Balaban J connectivity index is 2.44. The van der Waals surface area contributed by atoms with E-state index in [0.29, 0.717) is 18.9 Å². The van der Waals surface area contributed by atoms with Crippen LogP contribution in [0.15, 0.2) is 12.1 Å². The quantitative estimate of drug-likeness (QED) is 0.832. The molecule has 2 nitrogen and oxygen atoms in total. The molecule has 86 valence electrons. The molecule has 1 N–H and O–H groups in total. The summed E-state index contributed by atoms with van der Waals surface area (Å²) >= 11 is 5.74. The number of carbonyl (C=O) groups is 1. The highest BCUT2D eigenvalue weighted by atomic mass is 35.5. The molecule has 1 aliphatic rings. The summed E-state index contributed by atoms with van der Waals surface area (Å²) in [4.78, 5) is 10.7. The molecule has 5 heteroatoms. The molecule has 0 aliphatic heterocycles. The van der Waals surface area contributed by atoms with E-state index in [1.54, 1.807) is 0 Å². The first-order valence-corrected chi connectivity index (χ1v) is 5.19. The first kappa shape index (κ1) is 11.3. The average Bonchev–Trinajstić information content (AvgIpc) is 2.91. The molecular formula is C11H9ClF2O2. The Bertz CT molecular complexity index is 456. The van der Waals surface area contributed by atoms with Gasteiger partial charge >= 0.3 is 5.97 Å². The molecule has 1 aromatic rings. The van der Waals surface area contributed by atoms with Crippen LogP contribution < -0.4 is 0 Å². The fourth-order valence-electron chi connectivity index (χ4n) is 1.92. The Hall–Kier alpha value is -1.16. The molecular weight excluding hydrogens is 238 g/mol. The molecule has 1 fully saturated rings. The zero-order valence-electron chi connectivity index (χ0n) is 8.27. The SMILES string of the molecule is O=C(O)CC1(c2cc(F)cc(F)c2Cl)CC1. The van der Waals surface area contributed by atoms with E-state index < -0.39 is 23.0 Å². The Morgan fingerprint density at radius 2 is 2.06 bits per heavy atom. The summed E-state index contributed by atoms with van der Waals surface area (Å²) in [6.07, 6.45) is 1.06. The van der Waals surface area contributed by atoms with Gasteiger partial charge in [0.1, 0.15) is 11.6 Å². The van der Waals surface area contributed by atoms with Gasteiger partial charge < -0.3 is 5.11 Å². The van der Waals surface area contributed by atoms with E-state index in [2.05, 4.69) is 0 Å². The van der Waals surface area contributed by atoms with Crippen molar-refractivity contribution in [1.82, 2.24) is 0 Å². The Morgan fingerprint density at radius 1 is 1.44 bits per heavy atom. The number of halogens is 3. The van der Waals surface area contributed by atoms with Gasteiger partial charge in [-0.2, -0.15) is 0 Å². The topological polar surface area (TPSA) is 37.3 Å². The highest BCUT2D eigenvalue weighted by Gasteiger charge is 2.47. The van der Waals surface area contributed by atoms with Gasteiger partial charge in [-0.15, -0.1) is 0 Å². The van der Waals surface area contributed by atoms with Crippen molar-refractivity contribution in [2.24, 2.45) is 0 Å².